The van der Waals surface area contributed by atoms with Crippen molar-refractivity contribution in [3.05, 3.63) is 71.8 Å². The van der Waals surface area contributed by atoms with Gasteiger partial charge in [-0.2, -0.15) is 0 Å². The van der Waals surface area contributed by atoms with E-state index < -0.39 is 3.61 Å². The summed E-state index contributed by atoms with van der Waals surface area (Å²) in [5.74, 6) is 1.44. The molecule has 3 aromatic rings. The second kappa shape index (κ2) is 4.20. The van der Waals surface area contributed by atoms with Gasteiger partial charge in [0.25, 0.3) is 0 Å². The number of halogens is 1. The fourth-order valence-electron chi connectivity index (χ4n) is 2.76. The molecule has 4 rings (SSSR count). The lowest BCUT2D eigenvalue weighted by Crippen LogP contribution is -2.24. The van der Waals surface area contributed by atoms with E-state index in [9.17, 15) is 5.11 Å². The lowest BCUT2D eigenvalue weighted by molar-refractivity contribution is 0.186. The maximum Gasteiger partial charge on any atom is 0.174 e. The molecule has 0 radical (unpaired) electrons. The molecule has 98 valence electrons. The average molecular weight is 374 g/mol. The highest BCUT2D eigenvalue weighted by Crippen LogP contribution is 2.52. The maximum absolute atomic E-state index is 11.1. The number of rotatable bonds is 0. The molecule has 0 aromatic heterocycles. The van der Waals surface area contributed by atoms with Crippen molar-refractivity contribution < 1.29 is 9.84 Å². The van der Waals surface area contributed by atoms with E-state index in [2.05, 4.69) is 22.6 Å². The fourth-order valence-corrected chi connectivity index (χ4v) is 3.76. The first kappa shape index (κ1) is 12.2. The second-order valence-electron chi connectivity index (χ2n) is 4.88. The molecule has 0 amide bonds. The third-order valence-corrected chi connectivity index (χ3v) is 4.81. The predicted molar refractivity (Wildman–Crippen MR) is 87.5 cm³/mol. The van der Waals surface area contributed by atoms with E-state index in [-0.39, 0.29) is 0 Å². The predicted octanol–water partition coefficient (Wildman–Crippen LogP) is 4.57. The summed E-state index contributed by atoms with van der Waals surface area (Å²) in [4.78, 5) is 0. The van der Waals surface area contributed by atoms with Crippen LogP contribution in [0.25, 0.3) is 10.8 Å². The number of aliphatic hydroxyl groups is 1. The second-order valence-corrected chi connectivity index (χ2v) is 6.44. The SMILES string of the molecule is OC1(I)c2ccccc2Oc2ccc3ccccc3c21. The minimum absolute atomic E-state index is 0.715. The third-order valence-electron chi connectivity index (χ3n) is 3.69. The zero-order valence-electron chi connectivity index (χ0n) is 10.5. The van der Waals surface area contributed by atoms with Crippen molar-refractivity contribution in [3.63, 3.8) is 0 Å². The number of hydrogen-bond acceptors (Lipinski definition) is 2. The highest BCUT2D eigenvalue weighted by atomic mass is 127. The van der Waals surface area contributed by atoms with E-state index in [4.69, 9.17) is 4.74 Å². The van der Waals surface area contributed by atoms with E-state index in [0.29, 0.717) is 5.75 Å². The van der Waals surface area contributed by atoms with E-state index in [0.717, 1.165) is 27.6 Å². The molecule has 1 aliphatic rings. The molecule has 0 spiro atoms. The minimum Gasteiger partial charge on any atom is -0.456 e. The quantitative estimate of drug-likeness (QED) is 0.461. The first-order chi connectivity index (χ1) is 9.68. The van der Waals surface area contributed by atoms with Crippen LogP contribution >= 0.6 is 22.6 Å². The van der Waals surface area contributed by atoms with Gasteiger partial charge in [0.1, 0.15) is 11.5 Å². The first-order valence-electron chi connectivity index (χ1n) is 6.39. The van der Waals surface area contributed by atoms with Crippen molar-refractivity contribution in [1.82, 2.24) is 0 Å². The summed E-state index contributed by atoms with van der Waals surface area (Å²) in [7, 11) is 0. The summed E-state index contributed by atoms with van der Waals surface area (Å²) < 4.78 is 4.88. The Labute approximate surface area is 130 Å². The van der Waals surface area contributed by atoms with Crippen LogP contribution in [0.5, 0.6) is 11.5 Å². The van der Waals surface area contributed by atoms with Crippen molar-refractivity contribution in [1.29, 1.82) is 0 Å². The van der Waals surface area contributed by atoms with Gasteiger partial charge in [-0.05, 0) is 45.5 Å². The van der Waals surface area contributed by atoms with E-state index in [1.54, 1.807) is 0 Å². The van der Waals surface area contributed by atoms with Crippen LogP contribution in [0.15, 0.2) is 60.7 Å². The van der Waals surface area contributed by atoms with Crippen molar-refractivity contribution in [2.45, 2.75) is 3.61 Å². The third kappa shape index (κ3) is 1.60. The monoisotopic (exact) mass is 374 g/mol. The van der Waals surface area contributed by atoms with Crippen LogP contribution < -0.4 is 4.74 Å². The molecule has 1 atom stereocenters. The molecule has 1 N–H and O–H groups in total. The maximum atomic E-state index is 11.1. The smallest absolute Gasteiger partial charge is 0.174 e. The number of alkyl halides is 1. The molecule has 2 nitrogen and oxygen atoms in total. The van der Waals surface area contributed by atoms with Gasteiger partial charge >= 0.3 is 0 Å². The average Bonchev–Trinajstić information content (AvgIpc) is 2.46. The van der Waals surface area contributed by atoms with Gasteiger partial charge in [0.15, 0.2) is 3.61 Å². The Morgan fingerprint density at radius 3 is 2.50 bits per heavy atom. The zero-order chi connectivity index (χ0) is 13.7. The van der Waals surface area contributed by atoms with Crippen LogP contribution in [0.1, 0.15) is 11.1 Å². The Morgan fingerprint density at radius 2 is 1.60 bits per heavy atom. The Morgan fingerprint density at radius 1 is 0.850 bits per heavy atom. The highest BCUT2D eigenvalue weighted by molar-refractivity contribution is 14.1. The van der Waals surface area contributed by atoms with Crippen LogP contribution in [-0.4, -0.2) is 5.11 Å². The lowest BCUT2D eigenvalue weighted by Gasteiger charge is -2.32. The number of benzene rings is 3. The molecular formula is C17H11IO2. The molecule has 3 heteroatoms. The summed E-state index contributed by atoms with van der Waals surface area (Å²) >= 11 is 2.10. The van der Waals surface area contributed by atoms with Crippen molar-refractivity contribution in [2.24, 2.45) is 0 Å². The Hall–Kier alpha value is -1.59. The number of para-hydroxylation sites is 1. The van der Waals surface area contributed by atoms with Gasteiger partial charge in [-0.25, -0.2) is 0 Å². The summed E-state index contributed by atoms with van der Waals surface area (Å²) in [6.07, 6.45) is 0. The number of hydrogen-bond donors (Lipinski definition) is 1. The topological polar surface area (TPSA) is 29.5 Å². The molecule has 20 heavy (non-hydrogen) atoms. The van der Waals surface area contributed by atoms with E-state index in [1.165, 1.54) is 0 Å². The normalized spacial score (nSPS) is 20.1. The van der Waals surface area contributed by atoms with Crippen LogP contribution in [0.2, 0.25) is 0 Å². The van der Waals surface area contributed by atoms with E-state index >= 15 is 0 Å². The van der Waals surface area contributed by atoms with Gasteiger partial charge < -0.3 is 9.84 Å². The molecule has 0 aliphatic carbocycles. The number of ether oxygens (including phenoxy) is 1. The lowest BCUT2D eigenvalue weighted by atomic mass is 9.92. The standard InChI is InChI=1S/C17H11IO2/c18-17(19)13-7-3-4-8-14(13)20-15-10-9-11-5-1-2-6-12(11)16(15)17/h1-10,19H. The van der Waals surface area contributed by atoms with Crippen LogP contribution in [-0.2, 0) is 3.61 Å². The Kier molecular flexibility index (Phi) is 2.56. The van der Waals surface area contributed by atoms with Crippen LogP contribution in [0, 0.1) is 0 Å². The van der Waals surface area contributed by atoms with Gasteiger partial charge in [-0.1, -0.05) is 48.5 Å². The number of fused-ring (bicyclic) bond motifs is 4. The van der Waals surface area contributed by atoms with Gasteiger partial charge in [0, 0.05) is 11.1 Å². The van der Waals surface area contributed by atoms with Gasteiger partial charge in [-0.15, -0.1) is 0 Å². The molecule has 1 heterocycles. The molecule has 0 saturated carbocycles. The minimum atomic E-state index is -1.08. The van der Waals surface area contributed by atoms with Gasteiger partial charge in [0.05, 0.1) is 0 Å². The first-order valence-corrected chi connectivity index (χ1v) is 7.46. The Bertz CT molecular complexity index is 824. The summed E-state index contributed by atoms with van der Waals surface area (Å²) in [5.41, 5.74) is 1.62. The summed E-state index contributed by atoms with van der Waals surface area (Å²) in [6.45, 7) is 0. The Balaban J connectivity index is 2.10. The van der Waals surface area contributed by atoms with Crippen LogP contribution in [0.3, 0.4) is 0 Å². The van der Waals surface area contributed by atoms with Crippen molar-refractivity contribution >= 4 is 33.4 Å². The summed E-state index contributed by atoms with van der Waals surface area (Å²) in [5, 5.41) is 13.2. The molecule has 0 saturated heterocycles. The summed E-state index contributed by atoms with van der Waals surface area (Å²) in [6, 6.07) is 19.6. The van der Waals surface area contributed by atoms with E-state index in [1.807, 2.05) is 60.7 Å². The van der Waals surface area contributed by atoms with Gasteiger partial charge in [0.2, 0.25) is 0 Å². The van der Waals surface area contributed by atoms with Crippen molar-refractivity contribution in [2.75, 3.05) is 0 Å². The zero-order valence-corrected chi connectivity index (χ0v) is 12.7. The van der Waals surface area contributed by atoms with Gasteiger partial charge in [-0.3, -0.25) is 0 Å². The molecule has 0 bridgehead atoms. The fraction of sp³-hybridized carbons (Fsp3) is 0.0588. The highest BCUT2D eigenvalue weighted by Gasteiger charge is 2.39. The molecule has 3 aromatic carbocycles. The molecule has 0 fully saturated rings. The largest absolute Gasteiger partial charge is 0.456 e. The molecule has 1 unspecified atom stereocenters. The van der Waals surface area contributed by atoms with Crippen LogP contribution in [0.4, 0.5) is 0 Å². The van der Waals surface area contributed by atoms with Crippen molar-refractivity contribution in [3.8, 4) is 11.5 Å². The molecule has 1 aliphatic heterocycles. The molecular weight excluding hydrogens is 363 g/mol.